The van der Waals surface area contributed by atoms with Crippen molar-refractivity contribution in [1.29, 1.82) is 0 Å². The predicted molar refractivity (Wildman–Crippen MR) is 94.0 cm³/mol. The molecular weight excluding hydrogens is 355 g/mol. The third kappa shape index (κ3) is 3.96. The Morgan fingerprint density at radius 2 is 2.15 bits per heavy atom. The number of aromatic nitrogens is 3. The van der Waals surface area contributed by atoms with Crippen LogP contribution < -0.4 is 5.32 Å². The third-order valence-corrected chi connectivity index (χ3v) is 5.29. The van der Waals surface area contributed by atoms with Crippen LogP contribution in [0.15, 0.2) is 58.6 Å². The van der Waals surface area contributed by atoms with Gasteiger partial charge in [-0.25, -0.2) is 4.39 Å². The fourth-order valence-corrected chi connectivity index (χ4v) is 3.56. The minimum atomic E-state index is -0.532. The molecule has 1 aliphatic carbocycles. The molecule has 1 saturated carbocycles. The van der Waals surface area contributed by atoms with Crippen LogP contribution in [0, 0.1) is 5.82 Å². The van der Waals surface area contributed by atoms with Gasteiger partial charge in [-0.15, -0.1) is 10.2 Å². The summed E-state index contributed by atoms with van der Waals surface area (Å²) in [5.41, 5.74) is 0.724. The van der Waals surface area contributed by atoms with Gasteiger partial charge in [0.05, 0.1) is 12.8 Å². The molecule has 8 heteroatoms. The smallest absolute Gasteiger partial charge is 0.238 e. The minimum Gasteiger partial charge on any atom is -0.467 e. The number of hydrogen-bond acceptors (Lipinski definition) is 5. The van der Waals surface area contributed by atoms with E-state index in [4.69, 9.17) is 4.42 Å². The molecule has 1 fully saturated rings. The Hall–Kier alpha value is -2.61. The molecule has 134 valence electrons. The number of nitrogens with one attached hydrogen (secondary N) is 1. The van der Waals surface area contributed by atoms with Crippen LogP contribution >= 0.6 is 11.8 Å². The summed E-state index contributed by atoms with van der Waals surface area (Å²) in [7, 11) is 0. The second-order valence-corrected chi connectivity index (χ2v) is 7.23. The number of carbonyl (C=O) groups is 1. The first-order valence-electron chi connectivity index (χ1n) is 8.32. The van der Waals surface area contributed by atoms with E-state index in [-0.39, 0.29) is 17.8 Å². The van der Waals surface area contributed by atoms with Crippen molar-refractivity contribution in [2.75, 3.05) is 0 Å². The van der Waals surface area contributed by atoms with E-state index in [1.807, 2.05) is 16.7 Å². The van der Waals surface area contributed by atoms with E-state index in [2.05, 4.69) is 15.5 Å². The molecule has 0 aliphatic heterocycles. The van der Waals surface area contributed by atoms with Crippen molar-refractivity contribution in [3.8, 4) is 0 Å². The zero-order valence-electron chi connectivity index (χ0n) is 13.8. The monoisotopic (exact) mass is 372 g/mol. The lowest BCUT2D eigenvalue weighted by Gasteiger charge is -2.16. The molecule has 1 aromatic carbocycles. The zero-order valence-corrected chi connectivity index (χ0v) is 14.7. The first-order valence-corrected chi connectivity index (χ1v) is 9.20. The Morgan fingerprint density at radius 1 is 1.35 bits per heavy atom. The fourth-order valence-electron chi connectivity index (χ4n) is 2.53. The normalized spacial score (nSPS) is 15.0. The molecule has 4 rings (SSSR count). The van der Waals surface area contributed by atoms with Gasteiger partial charge in [-0.05, 0) is 42.7 Å². The summed E-state index contributed by atoms with van der Waals surface area (Å²) in [6.07, 6.45) is 5.21. The number of thioether (sulfide) groups is 1. The average molecular weight is 372 g/mol. The van der Waals surface area contributed by atoms with Gasteiger partial charge < -0.3 is 14.3 Å². The van der Waals surface area contributed by atoms with Gasteiger partial charge in [0.25, 0.3) is 0 Å². The number of benzene rings is 1. The maximum Gasteiger partial charge on any atom is 0.238 e. The highest BCUT2D eigenvalue weighted by Gasteiger charge is 2.30. The molecule has 1 N–H and O–H groups in total. The fraction of sp³-hybridized carbons (Fsp3) is 0.278. The van der Waals surface area contributed by atoms with Gasteiger partial charge in [0.2, 0.25) is 5.91 Å². The molecular formula is C18H17FN4O2S. The van der Waals surface area contributed by atoms with Crippen molar-refractivity contribution >= 4 is 17.7 Å². The molecule has 1 atom stereocenters. The maximum atomic E-state index is 13.3. The molecule has 2 aromatic heterocycles. The molecule has 3 aromatic rings. The highest BCUT2D eigenvalue weighted by molar-refractivity contribution is 8.00. The predicted octanol–water partition coefficient (Wildman–Crippen LogP) is 3.17. The quantitative estimate of drug-likeness (QED) is 0.645. The van der Waals surface area contributed by atoms with E-state index in [1.54, 1.807) is 24.7 Å². The van der Waals surface area contributed by atoms with E-state index in [0.29, 0.717) is 11.7 Å². The summed E-state index contributed by atoms with van der Waals surface area (Å²) in [6, 6.07) is 9.91. The van der Waals surface area contributed by atoms with Gasteiger partial charge >= 0.3 is 0 Å². The van der Waals surface area contributed by atoms with Crippen molar-refractivity contribution < 1.29 is 13.6 Å². The Bertz CT molecular complexity index is 875. The number of nitrogens with zero attached hydrogens (tertiary/aromatic N) is 3. The lowest BCUT2D eigenvalue weighted by Crippen LogP contribution is -2.30. The van der Waals surface area contributed by atoms with E-state index in [0.717, 1.165) is 24.2 Å². The summed E-state index contributed by atoms with van der Waals surface area (Å²) < 4.78 is 20.5. The zero-order chi connectivity index (χ0) is 17.9. The highest BCUT2D eigenvalue weighted by atomic mass is 32.2. The summed E-state index contributed by atoms with van der Waals surface area (Å²) in [6.45, 7) is 0.475. The van der Waals surface area contributed by atoms with Gasteiger partial charge in [-0.1, -0.05) is 23.9 Å². The molecule has 6 nitrogen and oxygen atoms in total. The Kier molecular flexibility index (Phi) is 4.75. The van der Waals surface area contributed by atoms with Gasteiger partial charge in [-0.2, -0.15) is 0 Å². The lowest BCUT2D eigenvalue weighted by atomic mass is 10.1. The molecule has 0 radical (unpaired) electrons. The van der Waals surface area contributed by atoms with Crippen LogP contribution in [-0.2, 0) is 11.3 Å². The molecule has 0 spiro atoms. The summed E-state index contributed by atoms with van der Waals surface area (Å²) in [5, 5.41) is 11.2. The molecule has 26 heavy (non-hydrogen) atoms. The molecule has 1 unspecified atom stereocenters. The summed E-state index contributed by atoms with van der Waals surface area (Å²) in [5.74, 6) is 0.338. The lowest BCUT2D eigenvalue weighted by molar-refractivity contribution is -0.120. The number of carbonyl (C=O) groups excluding carboxylic acids is 1. The van der Waals surface area contributed by atoms with E-state index in [1.165, 1.54) is 23.9 Å². The number of amides is 1. The molecule has 2 heterocycles. The van der Waals surface area contributed by atoms with Gasteiger partial charge in [-0.3, -0.25) is 4.79 Å². The van der Waals surface area contributed by atoms with Gasteiger partial charge in [0.15, 0.2) is 5.16 Å². The maximum absolute atomic E-state index is 13.3. The number of hydrogen-bond donors (Lipinski definition) is 1. The van der Waals surface area contributed by atoms with Crippen LogP contribution in [-0.4, -0.2) is 26.7 Å². The number of rotatable bonds is 7. The number of halogens is 1. The van der Waals surface area contributed by atoms with Crippen molar-refractivity contribution in [2.45, 2.75) is 35.8 Å². The van der Waals surface area contributed by atoms with Crippen LogP contribution in [0.3, 0.4) is 0 Å². The Labute approximate surface area is 153 Å². The molecule has 1 aliphatic rings. The Morgan fingerprint density at radius 3 is 2.85 bits per heavy atom. The summed E-state index contributed by atoms with van der Waals surface area (Å²) in [4.78, 5) is 12.7. The summed E-state index contributed by atoms with van der Waals surface area (Å²) >= 11 is 1.29. The Balaban J connectivity index is 1.57. The van der Waals surface area contributed by atoms with E-state index in [9.17, 15) is 9.18 Å². The number of furan rings is 1. The van der Waals surface area contributed by atoms with Gasteiger partial charge in [0.1, 0.15) is 23.2 Å². The SMILES string of the molecule is O=C(NC1CC1)C(Sc1nncn1Cc1ccco1)c1ccc(F)cc1. The van der Waals surface area contributed by atoms with Crippen LogP contribution in [0.25, 0.3) is 0 Å². The second-order valence-electron chi connectivity index (χ2n) is 6.15. The molecule has 1 amide bonds. The van der Waals surface area contributed by atoms with Crippen LogP contribution in [0.5, 0.6) is 0 Å². The van der Waals surface area contributed by atoms with Crippen molar-refractivity contribution in [3.63, 3.8) is 0 Å². The topological polar surface area (TPSA) is 73.0 Å². The van der Waals surface area contributed by atoms with Crippen LogP contribution in [0.4, 0.5) is 4.39 Å². The minimum absolute atomic E-state index is 0.100. The molecule has 0 saturated heterocycles. The largest absolute Gasteiger partial charge is 0.467 e. The van der Waals surface area contributed by atoms with Crippen molar-refractivity contribution in [1.82, 2.24) is 20.1 Å². The average Bonchev–Trinajstić information content (AvgIpc) is 3.11. The highest BCUT2D eigenvalue weighted by Crippen LogP contribution is 2.35. The standard InChI is InChI=1S/C18H17FN4O2S/c19-13-5-3-12(4-6-13)16(17(24)21-14-7-8-14)26-18-22-20-11-23(18)10-15-2-1-9-25-15/h1-6,9,11,14,16H,7-8,10H2,(H,21,24). The van der Waals surface area contributed by atoms with E-state index < -0.39 is 5.25 Å². The van der Waals surface area contributed by atoms with Gasteiger partial charge in [0, 0.05) is 6.04 Å². The first kappa shape index (κ1) is 16.8. The van der Waals surface area contributed by atoms with Crippen molar-refractivity contribution in [3.05, 3.63) is 66.1 Å². The van der Waals surface area contributed by atoms with Crippen LogP contribution in [0.2, 0.25) is 0 Å². The molecule has 0 bridgehead atoms. The third-order valence-electron chi connectivity index (χ3n) is 4.04. The van der Waals surface area contributed by atoms with E-state index >= 15 is 0 Å². The van der Waals surface area contributed by atoms with Crippen LogP contribution in [0.1, 0.15) is 29.4 Å². The first-order chi connectivity index (χ1) is 12.7. The van der Waals surface area contributed by atoms with Crippen molar-refractivity contribution in [2.24, 2.45) is 0 Å². The second kappa shape index (κ2) is 7.33.